The number of rotatable bonds is 3. The van der Waals surface area contributed by atoms with Crippen molar-refractivity contribution in [1.82, 2.24) is 4.57 Å². The zero-order valence-electron chi connectivity index (χ0n) is 10.1. The predicted octanol–water partition coefficient (Wildman–Crippen LogP) is 2.19. The Kier molecular flexibility index (Phi) is 3.31. The summed E-state index contributed by atoms with van der Waals surface area (Å²) in [4.78, 5) is 23.2. The molecule has 3 N–H and O–H groups in total. The molecule has 2 aromatic rings. The number of nitrogens with zero attached hydrogens (tertiary/aromatic N) is 1. The smallest absolute Gasteiger partial charge is 0.352 e. The average Bonchev–Trinajstić information content (AvgIpc) is 2.70. The molecule has 1 aromatic carbocycles. The zero-order chi connectivity index (χ0) is 14.2. The highest BCUT2D eigenvalue weighted by Crippen LogP contribution is 2.22. The highest BCUT2D eigenvalue weighted by atomic mass is 35.5. The number of carbonyl (C=O) groups is 2. The first kappa shape index (κ1) is 13.2. The molecule has 0 aliphatic heterocycles. The fraction of sp³-hybridized carbons (Fsp3) is 0.0769. The van der Waals surface area contributed by atoms with E-state index in [-0.39, 0.29) is 22.7 Å². The number of aryl methyl sites for hydroxylation is 1. The highest BCUT2D eigenvalue weighted by molar-refractivity contribution is 6.31. The first-order valence-electron chi connectivity index (χ1n) is 5.39. The fourth-order valence-electron chi connectivity index (χ4n) is 1.80. The Bertz CT molecular complexity index is 677. The number of ketones is 1. The number of aromatic carboxylic acids is 1. The van der Waals surface area contributed by atoms with E-state index >= 15 is 0 Å². The van der Waals surface area contributed by atoms with Gasteiger partial charge in [-0.25, -0.2) is 4.79 Å². The molecule has 98 valence electrons. The molecule has 5 nitrogen and oxygen atoms in total. The van der Waals surface area contributed by atoms with Gasteiger partial charge in [0.1, 0.15) is 5.69 Å². The van der Waals surface area contributed by atoms with Gasteiger partial charge >= 0.3 is 5.97 Å². The molecule has 0 spiro atoms. The summed E-state index contributed by atoms with van der Waals surface area (Å²) >= 11 is 5.77. The van der Waals surface area contributed by atoms with E-state index < -0.39 is 5.97 Å². The minimum Gasteiger partial charge on any atom is -0.477 e. The van der Waals surface area contributed by atoms with Gasteiger partial charge in [0.15, 0.2) is 5.78 Å². The molecular formula is C13H11ClN2O3. The van der Waals surface area contributed by atoms with Crippen LogP contribution in [0.3, 0.4) is 0 Å². The van der Waals surface area contributed by atoms with Crippen molar-refractivity contribution in [3.8, 4) is 0 Å². The lowest BCUT2D eigenvalue weighted by molar-refractivity contribution is 0.0686. The second kappa shape index (κ2) is 4.78. The first-order chi connectivity index (χ1) is 8.90. The number of nitrogens with two attached hydrogens (primary N) is 1. The molecule has 0 atom stereocenters. The van der Waals surface area contributed by atoms with Gasteiger partial charge in [0.25, 0.3) is 0 Å². The van der Waals surface area contributed by atoms with Crippen molar-refractivity contribution in [2.24, 2.45) is 7.05 Å². The minimum absolute atomic E-state index is 0.0379. The summed E-state index contributed by atoms with van der Waals surface area (Å²) in [7, 11) is 1.56. The normalized spacial score (nSPS) is 10.4. The summed E-state index contributed by atoms with van der Waals surface area (Å²) in [6, 6.07) is 5.88. The monoisotopic (exact) mass is 278 g/mol. The number of hydrogen-bond acceptors (Lipinski definition) is 3. The Hall–Kier alpha value is -2.27. The van der Waals surface area contributed by atoms with E-state index in [0.29, 0.717) is 10.6 Å². The summed E-state index contributed by atoms with van der Waals surface area (Å²) < 4.78 is 1.38. The quantitative estimate of drug-likeness (QED) is 0.666. The summed E-state index contributed by atoms with van der Waals surface area (Å²) in [6.07, 6.45) is 1.46. The molecule has 1 heterocycles. The third-order valence-electron chi connectivity index (χ3n) is 2.74. The topological polar surface area (TPSA) is 85.3 Å². The van der Waals surface area contributed by atoms with Gasteiger partial charge in [-0.2, -0.15) is 0 Å². The van der Waals surface area contributed by atoms with Crippen molar-refractivity contribution in [1.29, 1.82) is 0 Å². The van der Waals surface area contributed by atoms with E-state index in [4.69, 9.17) is 22.4 Å². The van der Waals surface area contributed by atoms with E-state index in [1.165, 1.54) is 29.0 Å². The van der Waals surface area contributed by atoms with E-state index in [2.05, 4.69) is 0 Å². The molecule has 0 aliphatic rings. The maximum atomic E-state index is 12.2. The highest BCUT2D eigenvalue weighted by Gasteiger charge is 2.18. The molecule has 1 aromatic heterocycles. The lowest BCUT2D eigenvalue weighted by Gasteiger charge is -2.03. The van der Waals surface area contributed by atoms with Crippen LogP contribution >= 0.6 is 11.6 Å². The molecule has 0 aliphatic carbocycles. The standard InChI is InChI=1S/C13H11ClN2O3/c1-16-6-7(4-11(16)13(18)19)12(17)9-3-2-8(14)5-10(9)15/h2-6H,15H2,1H3,(H,18,19). The number of nitrogen functional groups attached to an aromatic ring is 1. The summed E-state index contributed by atoms with van der Waals surface area (Å²) in [6.45, 7) is 0. The lowest BCUT2D eigenvalue weighted by Crippen LogP contribution is -2.04. The van der Waals surface area contributed by atoms with Crippen LogP contribution in [0.5, 0.6) is 0 Å². The van der Waals surface area contributed by atoms with Gasteiger partial charge in [-0.15, -0.1) is 0 Å². The van der Waals surface area contributed by atoms with Gasteiger partial charge in [0.2, 0.25) is 0 Å². The molecule has 0 unspecified atom stereocenters. The van der Waals surface area contributed by atoms with E-state index in [1.54, 1.807) is 13.1 Å². The molecule has 0 saturated carbocycles. The molecule has 0 radical (unpaired) electrons. The largest absolute Gasteiger partial charge is 0.477 e. The van der Waals surface area contributed by atoms with Gasteiger partial charge in [-0.3, -0.25) is 4.79 Å². The number of carboxylic acids is 1. The van der Waals surface area contributed by atoms with E-state index in [9.17, 15) is 9.59 Å². The van der Waals surface area contributed by atoms with E-state index in [0.717, 1.165) is 0 Å². The van der Waals surface area contributed by atoms with Gasteiger partial charge in [-0.05, 0) is 24.3 Å². The SMILES string of the molecule is Cn1cc(C(=O)c2ccc(Cl)cc2N)cc1C(=O)O. The number of carboxylic acid groups (broad SMARTS) is 1. The van der Waals surface area contributed by atoms with E-state index in [1.807, 2.05) is 0 Å². The Morgan fingerprint density at radius 1 is 1.32 bits per heavy atom. The third-order valence-corrected chi connectivity index (χ3v) is 2.98. The Morgan fingerprint density at radius 2 is 2.00 bits per heavy atom. The molecule has 0 bridgehead atoms. The minimum atomic E-state index is -1.09. The molecule has 0 amide bonds. The maximum Gasteiger partial charge on any atom is 0.352 e. The van der Waals surface area contributed by atoms with Crippen LogP contribution in [0.2, 0.25) is 5.02 Å². The Morgan fingerprint density at radius 3 is 2.53 bits per heavy atom. The van der Waals surface area contributed by atoms with Gasteiger partial charge in [-0.1, -0.05) is 11.6 Å². The number of hydrogen-bond donors (Lipinski definition) is 2. The van der Waals surface area contributed by atoms with Crippen molar-refractivity contribution in [3.05, 3.63) is 52.3 Å². The zero-order valence-corrected chi connectivity index (χ0v) is 10.8. The van der Waals surface area contributed by atoms with Gasteiger partial charge < -0.3 is 15.4 Å². The van der Waals surface area contributed by atoms with Gasteiger partial charge in [0, 0.05) is 35.1 Å². The Labute approximate surface area is 114 Å². The van der Waals surface area contributed by atoms with Crippen LogP contribution in [0, 0.1) is 0 Å². The predicted molar refractivity (Wildman–Crippen MR) is 71.7 cm³/mol. The summed E-state index contributed by atoms with van der Waals surface area (Å²) in [5.74, 6) is -1.43. The van der Waals surface area contributed by atoms with Crippen LogP contribution in [-0.4, -0.2) is 21.4 Å². The fourth-order valence-corrected chi connectivity index (χ4v) is 1.98. The van der Waals surface area contributed by atoms with Crippen molar-refractivity contribution in [2.45, 2.75) is 0 Å². The molecule has 6 heteroatoms. The van der Waals surface area contributed by atoms with Crippen LogP contribution in [0.1, 0.15) is 26.4 Å². The second-order valence-corrected chi connectivity index (χ2v) is 4.53. The van der Waals surface area contributed by atoms with Crippen LogP contribution < -0.4 is 5.73 Å². The van der Waals surface area contributed by atoms with Gasteiger partial charge in [0.05, 0.1) is 0 Å². The maximum absolute atomic E-state index is 12.2. The summed E-state index contributed by atoms with van der Waals surface area (Å²) in [5, 5.41) is 9.39. The average molecular weight is 279 g/mol. The van der Waals surface area contributed by atoms with Crippen LogP contribution in [0.4, 0.5) is 5.69 Å². The van der Waals surface area contributed by atoms with Crippen molar-refractivity contribution < 1.29 is 14.7 Å². The number of carbonyl (C=O) groups excluding carboxylic acids is 1. The van der Waals surface area contributed by atoms with Crippen molar-refractivity contribution in [2.75, 3.05) is 5.73 Å². The van der Waals surface area contributed by atoms with Crippen LogP contribution in [-0.2, 0) is 7.05 Å². The van der Waals surface area contributed by atoms with Crippen LogP contribution in [0.15, 0.2) is 30.5 Å². The Balaban J connectivity index is 2.44. The van der Waals surface area contributed by atoms with Crippen LogP contribution in [0.25, 0.3) is 0 Å². The van der Waals surface area contributed by atoms with Crippen molar-refractivity contribution >= 4 is 29.0 Å². The second-order valence-electron chi connectivity index (χ2n) is 4.09. The molecule has 19 heavy (non-hydrogen) atoms. The molecule has 0 saturated heterocycles. The molecular weight excluding hydrogens is 268 g/mol. The first-order valence-corrected chi connectivity index (χ1v) is 5.77. The summed E-state index contributed by atoms with van der Waals surface area (Å²) in [5.41, 5.74) is 6.61. The molecule has 2 rings (SSSR count). The number of benzene rings is 1. The third kappa shape index (κ3) is 2.46. The number of halogens is 1. The number of aromatic nitrogens is 1. The lowest BCUT2D eigenvalue weighted by atomic mass is 10.0. The molecule has 0 fully saturated rings. The number of anilines is 1. The van der Waals surface area contributed by atoms with Crippen molar-refractivity contribution in [3.63, 3.8) is 0 Å².